The van der Waals surface area contributed by atoms with Crippen LogP contribution in [0, 0.1) is 5.82 Å². The first-order valence-electron chi connectivity index (χ1n) is 7.56. The monoisotopic (exact) mass is 319 g/mol. The van der Waals surface area contributed by atoms with Crippen molar-refractivity contribution in [3.05, 3.63) is 35.6 Å². The van der Waals surface area contributed by atoms with Crippen molar-refractivity contribution in [2.75, 3.05) is 33.2 Å². The van der Waals surface area contributed by atoms with Gasteiger partial charge in [-0.25, -0.2) is 4.39 Å². The van der Waals surface area contributed by atoms with E-state index in [2.05, 4.69) is 0 Å². The van der Waals surface area contributed by atoms with Crippen molar-refractivity contribution in [2.45, 2.75) is 12.5 Å². The van der Waals surface area contributed by atoms with Crippen molar-refractivity contribution in [3.8, 4) is 0 Å². The number of amides is 3. The fraction of sp³-hybridized carbons (Fsp3) is 0.438. The maximum Gasteiger partial charge on any atom is 0.254 e. The molecule has 0 radical (unpaired) electrons. The van der Waals surface area contributed by atoms with E-state index in [1.54, 1.807) is 11.0 Å². The van der Waals surface area contributed by atoms with Gasteiger partial charge in [0.2, 0.25) is 11.8 Å². The number of nitrogens with zero attached hydrogens (tertiary/aromatic N) is 3. The molecule has 2 fully saturated rings. The smallest absolute Gasteiger partial charge is 0.254 e. The van der Waals surface area contributed by atoms with Crippen molar-refractivity contribution >= 4 is 17.7 Å². The maximum absolute atomic E-state index is 13.2. The van der Waals surface area contributed by atoms with Crippen LogP contribution in [0.1, 0.15) is 16.8 Å². The third-order valence-electron chi connectivity index (χ3n) is 4.47. The molecule has 0 aliphatic carbocycles. The average Bonchev–Trinajstić information content (AvgIpc) is 2.82. The SMILES string of the molecule is CN1C(=O)CC(N2CCN(C(=O)c3cccc(F)c3)CC2)C1=O. The van der Waals surface area contributed by atoms with E-state index in [4.69, 9.17) is 0 Å². The summed E-state index contributed by atoms with van der Waals surface area (Å²) in [6.07, 6.45) is 0.202. The van der Waals surface area contributed by atoms with Crippen LogP contribution in [0.15, 0.2) is 24.3 Å². The third-order valence-corrected chi connectivity index (χ3v) is 4.47. The number of likely N-dealkylation sites (N-methyl/N-ethyl adjacent to an activating group) is 1. The van der Waals surface area contributed by atoms with E-state index >= 15 is 0 Å². The summed E-state index contributed by atoms with van der Waals surface area (Å²) >= 11 is 0. The number of piperazine rings is 1. The summed E-state index contributed by atoms with van der Waals surface area (Å²) in [5.74, 6) is -0.999. The van der Waals surface area contributed by atoms with Gasteiger partial charge in [0.05, 0.1) is 12.5 Å². The number of carbonyl (C=O) groups excluding carboxylic acids is 3. The van der Waals surface area contributed by atoms with Gasteiger partial charge in [-0.3, -0.25) is 24.2 Å². The minimum Gasteiger partial charge on any atom is -0.336 e. The number of imide groups is 1. The molecule has 122 valence electrons. The van der Waals surface area contributed by atoms with E-state index in [0.29, 0.717) is 31.7 Å². The second-order valence-electron chi connectivity index (χ2n) is 5.85. The molecule has 2 heterocycles. The Labute approximate surface area is 133 Å². The third kappa shape index (κ3) is 2.96. The number of halogens is 1. The van der Waals surface area contributed by atoms with Crippen molar-refractivity contribution in [3.63, 3.8) is 0 Å². The molecular weight excluding hydrogens is 301 g/mol. The van der Waals surface area contributed by atoms with Gasteiger partial charge in [-0.1, -0.05) is 6.07 Å². The van der Waals surface area contributed by atoms with E-state index < -0.39 is 11.9 Å². The Bertz CT molecular complexity index is 656. The average molecular weight is 319 g/mol. The van der Waals surface area contributed by atoms with Gasteiger partial charge in [-0.15, -0.1) is 0 Å². The summed E-state index contributed by atoms with van der Waals surface area (Å²) in [4.78, 5) is 40.8. The molecule has 3 amide bonds. The van der Waals surface area contributed by atoms with Crippen LogP contribution in [0.5, 0.6) is 0 Å². The summed E-state index contributed by atoms with van der Waals surface area (Å²) in [5, 5.41) is 0. The number of likely N-dealkylation sites (tertiary alicyclic amines) is 1. The molecule has 0 aromatic heterocycles. The lowest BCUT2D eigenvalue weighted by Gasteiger charge is -2.37. The number of rotatable bonds is 2. The Morgan fingerprint density at radius 2 is 1.87 bits per heavy atom. The minimum atomic E-state index is -0.437. The second-order valence-corrected chi connectivity index (χ2v) is 5.85. The predicted octanol–water partition coefficient (Wildman–Crippen LogP) is 0.341. The van der Waals surface area contributed by atoms with Crippen molar-refractivity contribution in [1.82, 2.24) is 14.7 Å². The van der Waals surface area contributed by atoms with Gasteiger partial charge >= 0.3 is 0 Å². The normalized spacial score (nSPS) is 22.8. The predicted molar refractivity (Wildman–Crippen MR) is 80.1 cm³/mol. The largest absolute Gasteiger partial charge is 0.336 e. The molecule has 0 saturated carbocycles. The highest BCUT2D eigenvalue weighted by molar-refractivity contribution is 6.05. The van der Waals surface area contributed by atoms with Crippen LogP contribution in [-0.4, -0.2) is 71.7 Å². The van der Waals surface area contributed by atoms with Crippen molar-refractivity contribution in [1.29, 1.82) is 0 Å². The molecule has 1 aromatic carbocycles. The number of carbonyl (C=O) groups is 3. The molecule has 2 aliphatic rings. The molecular formula is C16H18FN3O3. The lowest BCUT2D eigenvalue weighted by atomic mass is 10.1. The Balaban J connectivity index is 1.62. The quantitative estimate of drug-likeness (QED) is 0.738. The molecule has 0 spiro atoms. The summed E-state index contributed by atoms with van der Waals surface area (Å²) in [5.41, 5.74) is 0.324. The molecule has 23 heavy (non-hydrogen) atoms. The molecule has 2 aliphatic heterocycles. The molecule has 0 bridgehead atoms. The van der Waals surface area contributed by atoms with E-state index in [0.717, 1.165) is 4.90 Å². The first-order valence-corrected chi connectivity index (χ1v) is 7.56. The Kier molecular flexibility index (Phi) is 4.12. The van der Waals surface area contributed by atoms with E-state index in [9.17, 15) is 18.8 Å². The standard InChI is InChI=1S/C16H18FN3O3/c1-18-14(21)10-13(16(18)23)19-5-7-20(8-6-19)15(22)11-3-2-4-12(17)9-11/h2-4,9,13H,5-8,10H2,1H3. The maximum atomic E-state index is 13.2. The first-order chi connectivity index (χ1) is 11.0. The summed E-state index contributed by atoms with van der Waals surface area (Å²) < 4.78 is 13.2. The van der Waals surface area contributed by atoms with Gasteiger partial charge < -0.3 is 4.90 Å². The zero-order valence-electron chi connectivity index (χ0n) is 12.9. The Hall–Kier alpha value is -2.28. The van der Waals surface area contributed by atoms with Gasteiger partial charge in [0.15, 0.2) is 0 Å². The van der Waals surface area contributed by atoms with Gasteiger partial charge in [-0.2, -0.15) is 0 Å². The van der Waals surface area contributed by atoms with E-state index in [1.807, 2.05) is 4.90 Å². The first kappa shape index (κ1) is 15.6. The summed E-state index contributed by atoms with van der Waals surface area (Å²) in [6.45, 7) is 1.96. The van der Waals surface area contributed by atoms with E-state index in [-0.39, 0.29) is 24.1 Å². The molecule has 1 aromatic rings. The summed E-state index contributed by atoms with van der Waals surface area (Å²) in [7, 11) is 1.49. The van der Waals surface area contributed by atoms with Crippen molar-refractivity contribution in [2.24, 2.45) is 0 Å². The fourth-order valence-electron chi connectivity index (χ4n) is 3.06. The van der Waals surface area contributed by atoms with Crippen molar-refractivity contribution < 1.29 is 18.8 Å². The van der Waals surface area contributed by atoms with Gasteiger partial charge in [0.25, 0.3) is 5.91 Å². The highest BCUT2D eigenvalue weighted by atomic mass is 19.1. The molecule has 6 nitrogen and oxygen atoms in total. The number of hydrogen-bond donors (Lipinski definition) is 0. The van der Waals surface area contributed by atoms with Gasteiger partial charge in [-0.05, 0) is 18.2 Å². The van der Waals surface area contributed by atoms with Crippen LogP contribution in [0.4, 0.5) is 4.39 Å². The number of benzene rings is 1. The van der Waals surface area contributed by atoms with Crippen LogP contribution in [0.2, 0.25) is 0 Å². The van der Waals surface area contributed by atoms with Crippen LogP contribution < -0.4 is 0 Å². The zero-order valence-corrected chi connectivity index (χ0v) is 12.9. The highest BCUT2D eigenvalue weighted by Gasteiger charge is 2.40. The molecule has 7 heteroatoms. The van der Waals surface area contributed by atoms with Crippen LogP contribution in [0.25, 0.3) is 0 Å². The Morgan fingerprint density at radius 3 is 2.43 bits per heavy atom. The lowest BCUT2D eigenvalue weighted by molar-refractivity contribution is -0.138. The van der Waals surface area contributed by atoms with Crippen LogP contribution >= 0.6 is 0 Å². The van der Waals surface area contributed by atoms with Gasteiger partial charge in [0.1, 0.15) is 5.82 Å². The van der Waals surface area contributed by atoms with Gasteiger partial charge in [0, 0.05) is 38.8 Å². The summed E-state index contributed by atoms with van der Waals surface area (Å²) in [6, 6.07) is 5.21. The van der Waals surface area contributed by atoms with Crippen LogP contribution in [0.3, 0.4) is 0 Å². The van der Waals surface area contributed by atoms with E-state index in [1.165, 1.54) is 25.2 Å². The van der Waals surface area contributed by atoms with Crippen LogP contribution in [-0.2, 0) is 9.59 Å². The topological polar surface area (TPSA) is 60.9 Å². The molecule has 3 rings (SSSR count). The minimum absolute atomic E-state index is 0.168. The zero-order chi connectivity index (χ0) is 16.6. The second kappa shape index (κ2) is 6.08. The Morgan fingerprint density at radius 1 is 1.17 bits per heavy atom. The molecule has 2 saturated heterocycles. The number of hydrogen-bond acceptors (Lipinski definition) is 4. The lowest BCUT2D eigenvalue weighted by Crippen LogP contribution is -2.53. The fourth-order valence-corrected chi connectivity index (χ4v) is 3.06. The molecule has 0 N–H and O–H groups in total. The molecule has 1 unspecified atom stereocenters. The highest BCUT2D eigenvalue weighted by Crippen LogP contribution is 2.19. The molecule has 1 atom stereocenters.